The largest absolute Gasteiger partial charge is 0.394 e. The number of hydroxylamine groups is 4. The van der Waals surface area contributed by atoms with Crippen LogP contribution in [0.25, 0.3) is 0 Å². The predicted molar refractivity (Wildman–Crippen MR) is 371 cm³/mol. The predicted octanol–water partition coefficient (Wildman–Crippen LogP) is 15.1. The van der Waals surface area contributed by atoms with Crippen molar-refractivity contribution >= 4 is 27.1 Å². The zero-order chi connectivity index (χ0) is 66.6. The molecule has 0 heterocycles. The third-order valence-corrected chi connectivity index (χ3v) is 16.7. The highest BCUT2D eigenvalue weighted by Crippen LogP contribution is 2.40. The molecule has 496 valence electrons. The van der Waals surface area contributed by atoms with Gasteiger partial charge in [0.25, 0.3) is 0 Å². The van der Waals surface area contributed by atoms with Gasteiger partial charge in [0, 0.05) is 0 Å². The zero-order valence-electron chi connectivity index (χ0n) is 54.4. The molecule has 0 aromatic heterocycles. The summed E-state index contributed by atoms with van der Waals surface area (Å²) in [5, 5.41) is 13.3. The first-order valence-electron chi connectivity index (χ1n) is 31.6. The number of hydrogen-bond donors (Lipinski definition) is 1. The monoisotopic (exact) mass is 1310 g/mol. The normalized spacial score (nSPS) is 14.4. The van der Waals surface area contributed by atoms with E-state index in [9.17, 15) is 23.8 Å². The summed E-state index contributed by atoms with van der Waals surface area (Å²) < 4.78 is 65.7. The molecule has 1 N–H and O–H groups in total. The van der Waals surface area contributed by atoms with Crippen molar-refractivity contribution < 1.29 is 61.9 Å². The van der Waals surface area contributed by atoms with Crippen LogP contribution in [0.1, 0.15) is 57.9 Å². The number of aliphatic hydroxyl groups is 1. The van der Waals surface area contributed by atoms with Gasteiger partial charge in [-0.25, -0.2) is 10.1 Å². The molecule has 17 heteroatoms. The first kappa shape index (κ1) is 73.7. The van der Waals surface area contributed by atoms with Gasteiger partial charge in [-0.05, 0) is 101 Å². The van der Waals surface area contributed by atoms with E-state index in [0.29, 0.717) is 25.8 Å². The number of carbonyl (C=O) groups excluding carboxylic acids is 2. The average molecular weight is 1310 g/mol. The number of carbonyl (C=O) groups is 2. The fraction of sp³-hybridized carbons (Fsp3) is 0.299. The molecular weight excluding hydrogens is 1220 g/mol. The Morgan fingerprint density at radius 2 is 0.564 bits per heavy atom. The van der Waals surface area contributed by atoms with Crippen LogP contribution >= 0.6 is 14.3 Å². The molecule has 0 spiro atoms. The number of hydrogen-bond acceptors (Lipinski definition) is 13. The second-order valence-electron chi connectivity index (χ2n) is 23.3. The van der Waals surface area contributed by atoms with Gasteiger partial charge in [-0.3, -0.25) is 19.3 Å². The molecule has 0 radical (unpaired) electrons. The quantitative estimate of drug-likeness (QED) is 0.0219. The molecule has 0 aliphatic carbocycles. The van der Waals surface area contributed by atoms with Crippen molar-refractivity contribution in [2.24, 2.45) is 0 Å². The van der Waals surface area contributed by atoms with E-state index in [1.54, 1.807) is 44.4 Å². The van der Waals surface area contributed by atoms with Crippen molar-refractivity contribution in [3.63, 3.8) is 0 Å². The minimum atomic E-state index is -2.62. The molecule has 2 unspecified atom stereocenters. The fourth-order valence-electron chi connectivity index (χ4n) is 10.0. The van der Waals surface area contributed by atoms with E-state index in [4.69, 9.17) is 38.1 Å². The Kier molecular flexibility index (Phi) is 31.8. The second-order valence-corrected chi connectivity index (χ2v) is 29.6. The minimum Gasteiger partial charge on any atom is -0.394 e. The summed E-state index contributed by atoms with van der Waals surface area (Å²) in [6.07, 6.45) is 0.576. The fourth-order valence-corrected chi connectivity index (χ4v) is 11.2. The Hall–Kier alpha value is -7.72. The number of benzene rings is 8. The van der Waals surface area contributed by atoms with E-state index in [1.165, 1.54) is 5.06 Å². The van der Waals surface area contributed by atoms with Crippen LogP contribution in [0, 0.1) is 0 Å². The Labute approximate surface area is 555 Å². The second kappa shape index (κ2) is 40.5. The van der Waals surface area contributed by atoms with E-state index in [2.05, 4.69) is 0 Å². The van der Waals surface area contributed by atoms with Gasteiger partial charge < -0.3 is 42.7 Å². The maximum absolute atomic E-state index is 13.0. The first-order chi connectivity index (χ1) is 45.7. The molecule has 0 saturated carbocycles. The van der Waals surface area contributed by atoms with Gasteiger partial charge in [-0.1, -0.05) is 250 Å². The van der Waals surface area contributed by atoms with E-state index >= 15 is 0 Å². The molecule has 94 heavy (non-hydrogen) atoms. The lowest BCUT2D eigenvalue weighted by Gasteiger charge is -2.39. The molecule has 0 bridgehead atoms. The highest BCUT2D eigenvalue weighted by atomic mass is 31.2. The lowest BCUT2D eigenvalue weighted by molar-refractivity contribution is -0.235. The summed E-state index contributed by atoms with van der Waals surface area (Å²) in [5.74, 6) is 3.35. The van der Waals surface area contributed by atoms with Crippen LogP contribution in [0.2, 0.25) is 0 Å². The summed E-state index contributed by atoms with van der Waals surface area (Å²) in [4.78, 5) is 37.3. The number of aliphatic hydroxyl groups excluding tert-OH is 1. The van der Waals surface area contributed by atoms with Gasteiger partial charge in [0.15, 0.2) is 0 Å². The molecule has 0 saturated heterocycles. The van der Waals surface area contributed by atoms with Crippen molar-refractivity contribution in [3.8, 4) is 0 Å². The average Bonchev–Trinajstić information content (AvgIpc) is 0.864. The highest BCUT2D eigenvalue weighted by molar-refractivity contribution is 7.65. The third kappa shape index (κ3) is 26.6. The topological polar surface area (TPSA) is 169 Å². The van der Waals surface area contributed by atoms with Crippen molar-refractivity contribution in [1.82, 2.24) is 10.1 Å². The van der Waals surface area contributed by atoms with Gasteiger partial charge in [0.05, 0.1) is 52.3 Å². The van der Waals surface area contributed by atoms with Crippen LogP contribution in [0.15, 0.2) is 266 Å². The van der Waals surface area contributed by atoms with Crippen LogP contribution in [0.5, 0.6) is 0 Å². The van der Waals surface area contributed by atoms with Gasteiger partial charge in [0.1, 0.15) is 70.2 Å². The number of nitrogens with zero attached hydrogens (tertiary/aromatic N) is 2. The molecule has 0 aliphatic heterocycles. The Morgan fingerprint density at radius 1 is 0.340 bits per heavy atom. The molecule has 0 fully saturated rings. The summed E-state index contributed by atoms with van der Waals surface area (Å²) in [6, 6.07) is 76.2. The molecule has 15 nitrogen and oxygen atoms in total. The maximum Gasteiger partial charge on any atom is 0.233 e. The van der Waals surface area contributed by atoms with Crippen molar-refractivity contribution in [2.75, 3.05) is 33.3 Å². The van der Waals surface area contributed by atoms with Crippen LogP contribution in [-0.2, 0) is 110 Å². The summed E-state index contributed by atoms with van der Waals surface area (Å²) in [7, 11) is -5.20. The SMILES string of the molecule is CCC([C@H](OCc1ccccc1)[C@H](OCc1ccccc1)[C@@H](/C=C/P(C)(C)=O)OCc1ccccc1)N(C=O)OCc1ccccc1.CP(C)(=O)/C=C/[C@@H](OCc1ccccc1)[C@@H](OCc1ccccc1)[C@@H](OCc1ccccc1)C(CO)N(C=O)OCc1ccccc1. The molecule has 8 atom stereocenters. The zero-order valence-corrected chi connectivity index (χ0v) is 56.2. The minimum absolute atomic E-state index is 0.0969. The summed E-state index contributed by atoms with van der Waals surface area (Å²) >= 11 is 0. The number of ether oxygens (including phenoxy) is 6. The summed E-state index contributed by atoms with van der Waals surface area (Å²) in [5.41, 5.74) is 7.45. The Balaban J connectivity index is 0.000000266. The van der Waals surface area contributed by atoms with E-state index in [0.717, 1.165) is 49.6 Å². The number of rotatable bonds is 40. The van der Waals surface area contributed by atoms with Crippen LogP contribution in [-0.4, -0.2) is 110 Å². The third-order valence-electron chi connectivity index (χ3n) is 14.9. The molecule has 8 rings (SSSR count). The van der Waals surface area contributed by atoms with Crippen molar-refractivity contribution in [3.05, 3.63) is 311 Å². The molecule has 2 amide bonds. The van der Waals surface area contributed by atoms with E-state index in [-0.39, 0.29) is 46.2 Å². The molecule has 8 aromatic carbocycles. The van der Waals surface area contributed by atoms with Gasteiger partial charge in [-0.15, -0.1) is 0 Å². The van der Waals surface area contributed by atoms with Crippen LogP contribution in [0.4, 0.5) is 0 Å². The van der Waals surface area contributed by atoms with Gasteiger partial charge in [0.2, 0.25) is 12.8 Å². The lowest BCUT2D eigenvalue weighted by atomic mass is 9.97. The molecule has 8 aromatic rings. The van der Waals surface area contributed by atoms with Crippen LogP contribution in [0.3, 0.4) is 0 Å². The maximum atomic E-state index is 13.0. The standard InChI is InChI=1S/C39H46NO6P.C38H44NO7P/c1-4-36(40(31-41)46-30-35-23-15-8-16-24-35)38(44-28-33-19-11-6-12-20-33)39(45-29-34-21-13-7-14-22-34)37(25-26-47(2,3)42)43-27-32-17-9-5-10-18-32;1-47(2,42)24-23-36(43-26-31-15-7-3-8-16-31)38(45-28-33-19-11-5-12-20-33)37(44-27-32-17-9-4-10-18-32)35(25-40)39(30-41)46-29-34-21-13-6-14-22-34/h5-26,31,36-39H,4,27-30H2,1-3H3;3-24,30,35-38,40H,25-29H2,1-2H3/b26-25+;24-23+/t36?,37-,38+,39-;35?,36-,37+,38-/m11/s1. The van der Waals surface area contributed by atoms with Gasteiger partial charge in [-0.2, -0.15) is 0 Å². The van der Waals surface area contributed by atoms with E-state index < -0.39 is 69.6 Å². The van der Waals surface area contributed by atoms with Gasteiger partial charge >= 0.3 is 0 Å². The Bertz CT molecular complexity index is 3270. The van der Waals surface area contributed by atoms with Crippen LogP contribution < -0.4 is 0 Å². The Morgan fingerprint density at radius 3 is 0.798 bits per heavy atom. The molecular formula is C77H90N2O13P2. The lowest BCUT2D eigenvalue weighted by Crippen LogP contribution is -2.55. The smallest absolute Gasteiger partial charge is 0.233 e. The van der Waals surface area contributed by atoms with Crippen molar-refractivity contribution in [2.45, 2.75) is 115 Å². The number of amides is 2. The van der Waals surface area contributed by atoms with E-state index in [1.807, 2.05) is 256 Å². The van der Waals surface area contributed by atoms with Crippen molar-refractivity contribution in [1.29, 1.82) is 0 Å². The first-order valence-corrected chi connectivity index (χ1v) is 36.9. The highest BCUT2D eigenvalue weighted by Gasteiger charge is 2.42. The molecule has 0 aliphatic rings. The summed E-state index contributed by atoms with van der Waals surface area (Å²) in [6.45, 7) is 9.98.